The number of benzene rings is 3. The van der Waals surface area contributed by atoms with E-state index >= 15 is 0 Å². The van der Waals surface area contributed by atoms with Crippen LogP contribution in [0.2, 0.25) is 0 Å². The molecule has 0 spiro atoms. The van der Waals surface area contributed by atoms with Crippen LogP contribution in [0, 0.1) is 6.92 Å². The van der Waals surface area contributed by atoms with E-state index in [2.05, 4.69) is 11.1 Å². The highest BCUT2D eigenvalue weighted by atomic mass is 16.5. The number of phenolic OH excluding ortho intramolecular Hbond substituents is 1. The van der Waals surface area contributed by atoms with Crippen molar-refractivity contribution in [2.75, 3.05) is 14.2 Å². The molecule has 1 N–H and O–H groups in total. The van der Waals surface area contributed by atoms with Gasteiger partial charge in [-0.15, -0.1) is 5.10 Å². The summed E-state index contributed by atoms with van der Waals surface area (Å²) in [6.45, 7) is 2.04. The van der Waals surface area contributed by atoms with Gasteiger partial charge in [-0.1, -0.05) is 35.9 Å². The summed E-state index contributed by atoms with van der Waals surface area (Å²) in [4.78, 5) is 9.46. The van der Waals surface area contributed by atoms with Crippen molar-refractivity contribution in [2.24, 2.45) is 0 Å². The van der Waals surface area contributed by atoms with Gasteiger partial charge in [-0.05, 0) is 36.8 Å². The molecule has 1 unspecified atom stereocenters. The van der Waals surface area contributed by atoms with E-state index in [4.69, 9.17) is 24.3 Å². The van der Waals surface area contributed by atoms with Gasteiger partial charge >= 0.3 is 0 Å². The number of fused-ring (bicyclic) bond motifs is 4. The second-order valence-electron chi connectivity index (χ2n) is 8.41. The molecule has 1 aliphatic rings. The Kier molecular flexibility index (Phi) is 4.81. The molecule has 0 saturated heterocycles. The fourth-order valence-corrected chi connectivity index (χ4v) is 4.59. The monoisotopic (exact) mass is 466 g/mol. The number of ether oxygens (including phenoxy) is 3. The van der Waals surface area contributed by atoms with Gasteiger partial charge in [0, 0.05) is 23.1 Å². The van der Waals surface area contributed by atoms with Crippen molar-refractivity contribution in [2.45, 2.75) is 12.8 Å². The molecule has 35 heavy (non-hydrogen) atoms. The Morgan fingerprint density at radius 3 is 2.63 bits per heavy atom. The van der Waals surface area contributed by atoms with Crippen molar-refractivity contribution < 1.29 is 19.3 Å². The van der Waals surface area contributed by atoms with E-state index in [0.717, 1.165) is 27.8 Å². The smallest absolute Gasteiger partial charge is 0.228 e. The number of aryl methyl sites for hydroxylation is 1. The fourth-order valence-electron chi connectivity index (χ4n) is 4.59. The van der Waals surface area contributed by atoms with Crippen LogP contribution in [0.1, 0.15) is 28.2 Å². The summed E-state index contributed by atoms with van der Waals surface area (Å²) in [7, 11) is 3.22. The Labute approximate surface area is 201 Å². The van der Waals surface area contributed by atoms with Crippen LogP contribution in [0.4, 0.5) is 0 Å². The van der Waals surface area contributed by atoms with Gasteiger partial charge in [-0.2, -0.15) is 0 Å². The fraction of sp³-hybridized carbons (Fsp3) is 0.148. The first-order valence-corrected chi connectivity index (χ1v) is 11.1. The third-order valence-corrected chi connectivity index (χ3v) is 6.21. The number of nitrogens with zero attached hydrogens (tertiary/aromatic N) is 4. The summed E-state index contributed by atoms with van der Waals surface area (Å²) in [6, 6.07) is 19.0. The Morgan fingerprint density at radius 1 is 0.971 bits per heavy atom. The largest absolute Gasteiger partial charge is 0.508 e. The van der Waals surface area contributed by atoms with E-state index < -0.39 is 0 Å². The zero-order valence-electron chi connectivity index (χ0n) is 19.4. The average molecular weight is 466 g/mol. The van der Waals surface area contributed by atoms with Crippen LogP contribution in [0.25, 0.3) is 17.0 Å². The minimum atomic E-state index is -0.292. The van der Waals surface area contributed by atoms with Crippen LogP contribution in [-0.4, -0.2) is 38.9 Å². The molecule has 0 fully saturated rings. The van der Waals surface area contributed by atoms with Gasteiger partial charge in [0.2, 0.25) is 5.88 Å². The Morgan fingerprint density at radius 2 is 1.83 bits per heavy atom. The summed E-state index contributed by atoms with van der Waals surface area (Å²) >= 11 is 0. The minimum Gasteiger partial charge on any atom is -0.508 e. The number of hydrogen-bond acceptors (Lipinski definition) is 7. The zero-order chi connectivity index (χ0) is 24.1. The summed E-state index contributed by atoms with van der Waals surface area (Å²) in [5, 5.41) is 14.8. The highest BCUT2D eigenvalue weighted by Gasteiger charge is 2.34. The molecule has 0 aliphatic carbocycles. The lowest BCUT2D eigenvalue weighted by molar-refractivity contribution is 0.354. The third kappa shape index (κ3) is 3.42. The van der Waals surface area contributed by atoms with Crippen molar-refractivity contribution in [3.05, 3.63) is 89.2 Å². The van der Waals surface area contributed by atoms with Crippen molar-refractivity contribution in [1.82, 2.24) is 19.6 Å². The van der Waals surface area contributed by atoms with Crippen LogP contribution in [0.5, 0.6) is 28.9 Å². The lowest BCUT2D eigenvalue weighted by Crippen LogP contribution is -2.15. The first-order valence-electron chi connectivity index (χ1n) is 11.1. The molecular formula is C27H22N4O4. The topological polar surface area (TPSA) is 91.0 Å². The molecule has 0 bridgehead atoms. The van der Waals surface area contributed by atoms with E-state index in [1.54, 1.807) is 37.2 Å². The van der Waals surface area contributed by atoms with Crippen molar-refractivity contribution in [3.63, 3.8) is 0 Å². The van der Waals surface area contributed by atoms with Gasteiger partial charge in [0.05, 0.1) is 19.8 Å². The highest BCUT2D eigenvalue weighted by molar-refractivity contribution is 5.69. The van der Waals surface area contributed by atoms with Crippen molar-refractivity contribution >= 4 is 5.65 Å². The van der Waals surface area contributed by atoms with Gasteiger partial charge in [0.25, 0.3) is 0 Å². The first kappa shape index (κ1) is 21.0. The normalized spacial score (nSPS) is 14.2. The molecule has 1 atom stereocenters. The SMILES string of the molecule is COc1ccc(C2c3ccc(O)cc3Oc3ncn4nc(-c5cccc(C)c5)nc4c32)cc1OC. The van der Waals surface area contributed by atoms with Gasteiger partial charge in [-0.3, -0.25) is 0 Å². The van der Waals surface area contributed by atoms with Gasteiger partial charge in [0.15, 0.2) is 23.0 Å². The van der Waals surface area contributed by atoms with E-state index in [0.29, 0.717) is 34.6 Å². The molecule has 174 valence electrons. The predicted octanol–water partition coefficient (Wildman–Crippen LogP) is 5.11. The molecule has 0 radical (unpaired) electrons. The van der Waals surface area contributed by atoms with E-state index in [-0.39, 0.29) is 11.7 Å². The summed E-state index contributed by atoms with van der Waals surface area (Å²) < 4.78 is 18.8. The van der Waals surface area contributed by atoms with Crippen LogP contribution in [0.3, 0.4) is 0 Å². The molecule has 1 aliphatic heterocycles. The molecule has 8 heteroatoms. The second-order valence-corrected chi connectivity index (χ2v) is 8.41. The summed E-state index contributed by atoms with van der Waals surface area (Å²) in [5.74, 6) is 2.62. The number of aromatic nitrogens is 4. The number of rotatable bonds is 4. The molecular weight excluding hydrogens is 444 g/mol. The van der Waals surface area contributed by atoms with E-state index in [1.807, 2.05) is 49.4 Å². The van der Waals surface area contributed by atoms with Gasteiger partial charge in [0.1, 0.15) is 17.8 Å². The maximum atomic E-state index is 10.1. The quantitative estimate of drug-likeness (QED) is 0.386. The third-order valence-electron chi connectivity index (χ3n) is 6.21. The van der Waals surface area contributed by atoms with Crippen molar-refractivity contribution in [1.29, 1.82) is 0 Å². The van der Waals surface area contributed by atoms with Crippen LogP contribution in [-0.2, 0) is 0 Å². The molecule has 2 aromatic heterocycles. The molecule has 5 aromatic rings. The minimum absolute atomic E-state index is 0.114. The molecule has 0 amide bonds. The molecule has 3 heterocycles. The van der Waals surface area contributed by atoms with E-state index in [9.17, 15) is 5.11 Å². The predicted molar refractivity (Wildman–Crippen MR) is 130 cm³/mol. The average Bonchev–Trinajstić information content (AvgIpc) is 3.31. The maximum absolute atomic E-state index is 10.1. The van der Waals surface area contributed by atoms with Crippen LogP contribution >= 0.6 is 0 Å². The Hall–Kier alpha value is -4.59. The highest BCUT2D eigenvalue weighted by Crippen LogP contribution is 2.49. The molecule has 3 aromatic carbocycles. The Bertz CT molecular complexity index is 1590. The first-order chi connectivity index (χ1) is 17.1. The van der Waals surface area contributed by atoms with Gasteiger partial charge in [-0.25, -0.2) is 14.5 Å². The number of hydrogen-bond donors (Lipinski definition) is 1. The molecule has 0 saturated carbocycles. The maximum Gasteiger partial charge on any atom is 0.228 e. The standard InChI is InChI=1S/C27H22N4O4/c1-15-5-4-6-17(11-15)25-29-26-24-23(16-7-10-20(33-2)22(12-16)34-3)19-9-8-18(32)13-21(19)35-27(24)28-14-31(26)30-25/h4-14,23,32H,1-3H3. The zero-order valence-corrected chi connectivity index (χ0v) is 19.4. The van der Waals surface area contributed by atoms with E-state index in [1.165, 1.54) is 0 Å². The van der Waals surface area contributed by atoms with Crippen molar-refractivity contribution in [3.8, 4) is 40.3 Å². The molecule has 6 rings (SSSR count). The summed E-state index contributed by atoms with van der Waals surface area (Å²) in [6.07, 6.45) is 1.60. The lowest BCUT2D eigenvalue weighted by Gasteiger charge is -2.28. The lowest BCUT2D eigenvalue weighted by atomic mass is 9.83. The van der Waals surface area contributed by atoms with Gasteiger partial charge < -0.3 is 19.3 Å². The number of methoxy groups -OCH3 is 2. The number of phenols is 1. The Balaban J connectivity index is 1.61. The second kappa shape index (κ2) is 8.02. The summed E-state index contributed by atoms with van der Waals surface area (Å²) in [5.41, 5.74) is 5.29. The number of aromatic hydroxyl groups is 1. The van der Waals surface area contributed by atoms with Crippen LogP contribution < -0.4 is 14.2 Å². The van der Waals surface area contributed by atoms with Crippen LogP contribution in [0.15, 0.2) is 67.0 Å². The molecule has 8 nitrogen and oxygen atoms in total.